The monoisotopic (exact) mass is 303 g/mol. The lowest BCUT2D eigenvalue weighted by Crippen LogP contribution is -2.43. The van der Waals surface area contributed by atoms with E-state index >= 15 is 0 Å². The Morgan fingerprint density at radius 1 is 1.42 bits per heavy atom. The molecule has 1 atom stereocenters. The minimum atomic E-state index is -3.22. The van der Waals surface area contributed by atoms with Gasteiger partial charge in [0.05, 0.1) is 34.9 Å². The first-order valence-corrected chi connectivity index (χ1v) is 8.51. The lowest BCUT2D eigenvalue weighted by molar-refractivity contribution is 0.0553. The van der Waals surface area contributed by atoms with Crippen LogP contribution in [0.2, 0.25) is 0 Å². The molecule has 2 rings (SSSR count). The van der Waals surface area contributed by atoms with Crippen molar-refractivity contribution >= 4 is 27.1 Å². The highest BCUT2D eigenvalue weighted by molar-refractivity contribution is 7.91. The molecule has 0 aromatic heterocycles. The van der Waals surface area contributed by atoms with Crippen LogP contribution in [0.25, 0.3) is 0 Å². The third-order valence-electron chi connectivity index (χ3n) is 3.23. The molecule has 1 aliphatic heterocycles. The van der Waals surface area contributed by atoms with Crippen molar-refractivity contribution in [1.29, 1.82) is 0 Å². The number of hydrogen-bond donors (Lipinski definition) is 0. The fourth-order valence-corrected chi connectivity index (χ4v) is 3.47. The minimum absolute atomic E-state index is 0.0483. The first kappa shape index (κ1) is 14.6. The molecule has 0 aliphatic carbocycles. The Balaban J connectivity index is 2.35. The number of sulfone groups is 1. The number of morpholine rings is 1. The SMILES string of the molecule is CCS(=O)(=O)c1ccccc1N1CCOC(CCl)C1. The van der Waals surface area contributed by atoms with E-state index in [-0.39, 0.29) is 11.9 Å². The highest BCUT2D eigenvalue weighted by Gasteiger charge is 2.25. The highest BCUT2D eigenvalue weighted by atomic mass is 35.5. The summed E-state index contributed by atoms with van der Waals surface area (Å²) < 4.78 is 29.8. The molecule has 0 N–H and O–H groups in total. The predicted octanol–water partition coefficient (Wildman–Crippen LogP) is 1.92. The van der Waals surface area contributed by atoms with Crippen molar-refractivity contribution < 1.29 is 13.2 Å². The average Bonchev–Trinajstić information content (AvgIpc) is 2.47. The molecule has 0 radical (unpaired) electrons. The average molecular weight is 304 g/mol. The van der Waals surface area contributed by atoms with Crippen molar-refractivity contribution in [2.24, 2.45) is 0 Å². The van der Waals surface area contributed by atoms with E-state index in [9.17, 15) is 8.42 Å². The lowest BCUT2D eigenvalue weighted by atomic mass is 10.2. The molecule has 0 amide bonds. The maximum absolute atomic E-state index is 12.1. The minimum Gasteiger partial charge on any atom is -0.373 e. The number of halogens is 1. The van der Waals surface area contributed by atoms with Gasteiger partial charge in [-0.25, -0.2) is 8.42 Å². The van der Waals surface area contributed by atoms with Crippen LogP contribution in [0.1, 0.15) is 6.92 Å². The van der Waals surface area contributed by atoms with Crippen LogP contribution in [-0.2, 0) is 14.6 Å². The molecular formula is C13H18ClNO3S. The smallest absolute Gasteiger partial charge is 0.180 e. The summed E-state index contributed by atoms with van der Waals surface area (Å²) in [7, 11) is -3.22. The molecule has 1 heterocycles. The maximum atomic E-state index is 12.1. The summed E-state index contributed by atoms with van der Waals surface area (Å²) in [4.78, 5) is 2.44. The van der Waals surface area contributed by atoms with Gasteiger partial charge >= 0.3 is 0 Å². The number of hydrogen-bond acceptors (Lipinski definition) is 4. The molecule has 1 saturated heterocycles. The standard InChI is InChI=1S/C13H18ClNO3S/c1-2-19(16,17)13-6-4-3-5-12(13)15-7-8-18-11(9-14)10-15/h3-6,11H,2,7-10H2,1H3. The Morgan fingerprint density at radius 3 is 2.84 bits per heavy atom. The van der Waals surface area contributed by atoms with Gasteiger partial charge in [-0.15, -0.1) is 11.6 Å². The van der Waals surface area contributed by atoms with Crippen molar-refractivity contribution in [2.75, 3.05) is 36.2 Å². The Hall–Kier alpha value is -0.780. The van der Waals surface area contributed by atoms with E-state index < -0.39 is 9.84 Å². The van der Waals surface area contributed by atoms with Gasteiger partial charge in [-0.1, -0.05) is 19.1 Å². The summed E-state index contributed by atoms with van der Waals surface area (Å²) in [5.41, 5.74) is 0.753. The zero-order valence-corrected chi connectivity index (χ0v) is 12.5. The van der Waals surface area contributed by atoms with Gasteiger partial charge in [-0.2, -0.15) is 0 Å². The summed E-state index contributed by atoms with van der Waals surface area (Å²) in [6.45, 7) is 3.54. The van der Waals surface area contributed by atoms with E-state index in [4.69, 9.17) is 16.3 Å². The van der Waals surface area contributed by atoms with Crippen LogP contribution in [0.15, 0.2) is 29.2 Å². The normalized spacial score (nSPS) is 20.5. The van der Waals surface area contributed by atoms with Crippen LogP contribution in [0.3, 0.4) is 0 Å². The van der Waals surface area contributed by atoms with Crippen LogP contribution in [-0.4, -0.2) is 45.9 Å². The van der Waals surface area contributed by atoms with Crippen molar-refractivity contribution in [3.63, 3.8) is 0 Å². The van der Waals surface area contributed by atoms with Crippen LogP contribution in [0, 0.1) is 0 Å². The third kappa shape index (κ3) is 3.22. The molecular weight excluding hydrogens is 286 g/mol. The van der Waals surface area contributed by atoms with Crippen molar-refractivity contribution in [3.8, 4) is 0 Å². The van der Waals surface area contributed by atoms with Gasteiger partial charge in [0, 0.05) is 13.1 Å². The summed E-state index contributed by atoms with van der Waals surface area (Å²) >= 11 is 5.82. The summed E-state index contributed by atoms with van der Waals surface area (Å²) in [6.07, 6.45) is -0.0483. The number of para-hydroxylation sites is 1. The largest absolute Gasteiger partial charge is 0.373 e. The lowest BCUT2D eigenvalue weighted by Gasteiger charge is -2.34. The van der Waals surface area contributed by atoms with E-state index in [1.807, 2.05) is 17.0 Å². The number of anilines is 1. The van der Waals surface area contributed by atoms with Gasteiger partial charge in [0.25, 0.3) is 0 Å². The summed E-state index contributed by atoms with van der Waals surface area (Å²) in [5, 5.41) is 0. The molecule has 1 fully saturated rings. The molecule has 1 aliphatic rings. The number of nitrogens with zero attached hydrogens (tertiary/aromatic N) is 1. The molecule has 1 aromatic rings. The second-order valence-corrected chi connectivity index (χ2v) is 7.02. The van der Waals surface area contributed by atoms with Crippen LogP contribution >= 0.6 is 11.6 Å². The fraction of sp³-hybridized carbons (Fsp3) is 0.538. The summed E-state index contributed by atoms with van der Waals surface area (Å²) in [5.74, 6) is 0.520. The highest BCUT2D eigenvalue weighted by Crippen LogP contribution is 2.27. The zero-order chi connectivity index (χ0) is 13.9. The number of alkyl halides is 1. The van der Waals surface area contributed by atoms with E-state index in [0.29, 0.717) is 30.5 Å². The molecule has 0 bridgehead atoms. The van der Waals surface area contributed by atoms with Crippen molar-refractivity contribution in [2.45, 2.75) is 17.9 Å². The topological polar surface area (TPSA) is 46.6 Å². The molecule has 19 heavy (non-hydrogen) atoms. The quantitative estimate of drug-likeness (QED) is 0.797. The second kappa shape index (κ2) is 6.11. The molecule has 1 aromatic carbocycles. The van der Waals surface area contributed by atoms with E-state index in [1.54, 1.807) is 19.1 Å². The third-order valence-corrected chi connectivity index (χ3v) is 5.35. The Bertz CT molecular complexity index is 532. The van der Waals surface area contributed by atoms with Crippen molar-refractivity contribution in [3.05, 3.63) is 24.3 Å². The molecule has 6 heteroatoms. The number of benzene rings is 1. The van der Waals surface area contributed by atoms with Crippen molar-refractivity contribution in [1.82, 2.24) is 0 Å². The van der Waals surface area contributed by atoms with E-state index in [1.165, 1.54) is 0 Å². The van der Waals surface area contributed by atoms with Crippen LogP contribution in [0.5, 0.6) is 0 Å². The zero-order valence-electron chi connectivity index (χ0n) is 10.9. The molecule has 0 saturated carbocycles. The molecule has 4 nitrogen and oxygen atoms in total. The van der Waals surface area contributed by atoms with Crippen LogP contribution in [0.4, 0.5) is 5.69 Å². The van der Waals surface area contributed by atoms with Gasteiger partial charge in [-0.3, -0.25) is 0 Å². The van der Waals surface area contributed by atoms with Gasteiger partial charge in [0.15, 0.2) is 9.84 Å². The number of ether oxygens (including phenoxy) is 1. The Morgan fingerprint density at radius 2 is 2.16 bits per heavy atom. The number of rotatable bonds is 4. The Labute approximate surface area is 119 Å². The Kier molecular flexibility index (Phi) is 4.71. The van der Waals surface area contributed by atoms with Gasteiger partial charge < -0.3 is 9.64 Å². The van der Waals surface area contributed by atoms with Gasteiger partial charge in [-0.05, 0) is 12.1 Å². The molecule has 0 spiro atoms. The maximum Gasteiger partial charge on any atom is 0.180 e. The van der Waals surface area contributed by atoms with E-state index in [0.717, 1.165) is 5.69 Å². The van der Waals surface area contributed by atoms with Gasteiger partial charge in [0.1, 0.15) is 0 Å². The predicted molar refractivity (Wildman–Crippen MR) is 76.8 cm³/mol. The van der Waals surface area contributed by atoms with Crippen LogP contribution < -0.4 is 4.90 Å². The van der Waals surface area contributed by atoms with E-state index in [2.05, 4.69) is 0 Å². The summed E-state index contributed by atoms with van der Waals surface area (Å²) in [6, 6.07) is 7.12. The molecule has 106 valence electrons. The fourth-order valence-electron chi connectivity index (χ4n) is 2.17. The molecule has 1 unspecified atom stereocenters. The second-order valence-electron chi connectivity index (χ2n) is 4.46. The first-order chi connectivity index (χ1) is 9.08. The first-order valence-electron chi connectivity index (χ1n) is 6.32. The van der Waals surface area contributed by atoms with Gasteiger partial charge in [0.2, 0.25) is 0 Å².